The third-order valence-corrected chi connectivity index (χ3v) is 19.8. The van der Waals surface area contributed by atoms with Crippen LogP contribution in [0.1, 0.15) is 0 Å². The van der Waals surface area contributed by atoms with Crippen molar-refractivity contribution >= 4 is 157 Å². The maximum absolute atomic E-state index is 2.74. The third-order valence-electron chi connectivity index (χ3n) is 19.8. The Morgan fingerprint density at radius 2 is 0.593 bits per heavy atom. The summed E-state index contributed by atoms with van der Waals surface area (Å²) in [6.45, 7) is -0.425. The normalized spacial score (nSPS) is 13.5. The number of rotatable bonds is 4. The summed E-state index contributed by atoms with van der Waals surface area (Å²) < 4.78 is 10.5. The first kappa shape index (κ1) is 45.3. The summed E-state index contributed by atoms with van der Waals surface area (Å²) in [5, 5.41) is 10.0. The average Bonchev–Trinajstić information content (AvgIpc) is 1.32. The first-order valence-electron chi connectivity index (χ1n) is 30.0. The van der Waals surface area contributed by atoms with Crippen LogP contribution in [-0.2, 0) is 0 Å². The lowest BCUT2D eigenvalue weighted by atomic mass is 9.41. The SMILES string of the molecule is c1ccc(N2c3cc4c(cc3B3c5c(cc6c(c52)c2ccccc2n6-c2ccccc2)-c2cccc5c6ccccc6n3c25)B2c3c(cc5c(c3N4c3ccccc3)c3ccccc3n5-c3ccccc3)-c3cccc4c5ccccc5n2c34)cc1. The average molecular weight is 1090 g/mol. The van der Waals surface area contributed by atoms with Crippen molar-refractivity contribution in [2.45, 2.75) is 0 Å². The monoisotopic (exact) mass is 1090 g/mol. The second-order valence-electron chi connectivity index (χ2n) is 23.8. The highest BCUT2D eigenvalue weighted by atomic mass is 15.2. The van der Waals surface area contributed by atoms with E-state index in [1.807, 2.05) is 0 Å². The number of para-hydroxylation sites is 10. The molecule has 4 aliphatic heterocycles. The highest BCUT2D eigenvalue weighted by molar-refractivity contribution is 6.93. The Labute approximate surface area is 494 Å². The van der Waals surface area contributed by atoms with E-state index in [1.165, 1.54) is 143 Å². The molecule has 0 unspecified atom stereocenters. The molecule has 0 N–H and O–H groups in total. The molecule has 0 aliphatic carbocycles. The quantitative estimate of drug-likeness (QED) is 0.164. The van der Waals surface area contributed by atoms with Crippen molar-refractivity contribution in [1.82, 2.24) is 18.1 Å². The van der Waals surface area contributed by atoms with Crippen molar-refractivity contribution in [1.29, 1.82) is 0 Å². The van der Waals surface area contributed by atoms with E-state index in [9.17, 15) is 0 Å². The van der Waals surface area contributed by atoms with Crippen LogP contribution in [0.4, 0.5) is 34.1 Å². The molecule has 0 atom stereocenters. The molecule has 8 heteroatoms. The van der Waals surface area contributed by atoms with E-state index >= 15 is 0 Å². The smallest absolute Gasteiger partial charge is 0.333 e. The Morgan fingerprint density at radius 1 is 0.244 bits per heavy atom. The molecule has 21 rings (SSSR count). The van der Waals surface area contributed by atoms with Crippen LogP contribution in [0.3, 0.4) is 0 Å². The number of fused-ring (bicyclic) bond motifs is 22. The van der Waals surface area contributed by atoms with Crippen LogP contribution in [0.5, 0.6) is 0 Å². The Kier molecular flexibility index (Phi) is 8.60. The van der Waals surface area contributed by atoms with Gasteiger partial charge in [-0.3, -0.25) is 0 Å². The maximum atomic E-state index is 2.74. The zero-order chi connectivity index (χ0) is 55.6. The number of benzene rings is 13. The Balaban J connectivity index is 0.986. The molecule has 6 nitrogen and oxygen atoms in total. The topological polar surface area (TPSA) is 26.2 Å². The van der Waals surface area contributed by atoms with Crippen molar-refractivity contribution in [2.75, 3.05) is 9.80 Å². The third kappa shape index (κ3) is 5.52. The van der Waals surface area contributed by atoms with Gasteiger partial charge in [0.1, 0.15) is 0 Å². The van der Waals surface area contributed by atoms with Crippen molar-refractivity contribution in [2.24, 2.45) is 0 Å². The van der Waals surface area contributed by atoms with E-state index in [4.69, 9.17) is 0 Å². The standard InChI is InChI=1S/C78H46B2N6/c1-5-23-47(24-6-1)81-63-39-17-15-33-57(63)71-69(81)43-59-55-37-21-35-53-51-31-13-19-41-65(51)85(75(53)55)79-61-45-62-68(46-67(61)83(77(71)73(59)79)49-27-9-3-10-28-49)84(50-29-11-4-12-30-50)78-72-58-34-16-18-40-64(58)82(48-25-7-2-8-26-48)70(72)44-60-56-38-22-36-54-52-32-14-20-42-66(52)86(76(54)56)80(62)74(60)78/h1-46H. The zero-order valence-electron chi connectivity index (χ0n) is 46.4. The fourth-order valence-electron chi connectivity index (χ4n) is 16.7. The molecule has 86 heavy (non-hydrogen) atoms. The number of anilines is 6. The molecule has 0 saturated carbocycles. The van der Waals surface area contributed by atoms with Gasteiger partial charge in [-0.25, -0.2) is 0 Å². The second kappa shape index (κ2) is 16.3. The largest absolute Gasteiger partial charge is 0.375 e. The van der Waals surface area contributed by atoms with Gasteiger partial charge in [-0.2, -0.15) is 0 Å². The van der Waals surface area contributed by atoms with Crippen LogP contribution in [0.15, 0.2) is 279 Å². The summed E-state index contributed by atoms with van der Waals surface area (Å²) >= 11 is 0. The van der Waals surface area contributed by atoms with Gasteiger partial charge in [0.25, 0.3) is 0 Å². The van der Waals surface area contributed by atoms with Crippen molar-refractivity contribution in [3.8, 4) is 33.6 Å². The molecular formula is C78H46B2N6. The molecule has 8 heterocycles. The minimum Gasteiger partial charge on any atom is -0.375 e. The van der Waals surface area contributed by atoms with Gasteiger partial charge in [-0.15, -0.1) is 0 Å². The first-order valence-corrected chi connectivity index (χ1v) is 30.0. The van der Waals surface area contributed by atoms with E-state index < -0.39 is 0 Å². The van der Waals surface area contributed by atoms with E-state index in [-0.39, 0.29) is 13.7 Å². The molecule has 17 aromatic rings. The lowest BCUT2D eigenvalue weighted by Gasteiger charge is -2.45. The van der Waals surface area contributed by atoms with Gasteiger partial charge >= 0.3 is 13.7 Å². The molecule has 0 spiro atoms. The van der Waals surface area contributed by atoms with E-state index in [1.54, 1.807) is 0 Å². The van der Waals surface area contributed by atoms with E-state index in [0.29, 0.717) is 0 Å². The van der Waals surface area contributed by atoms with Gasteiger partial charge in [-0.05, 0) is 124 Å². The van der Waals surface area contributed by atoms with Gasteiger partial charge in [0, 0.05) is 110 Å². The second-order valence-corrected chi connectivity index (χ2v) is 23.8. The summed E-state index contributed by atoms with van der Waals surface area (Å²) in [4.78, 5) is 5.33. The Morgan fingerprint density at radius 3 is 1.01 bits per heavy atom. The van der Waals surface area contributed by atoms with Crippen LogP contribution in [-0.4, -0.2) is 31.8 Å². The summed E-state index contributed by atoms with van der Waals surface area (Å²) in [5.74, 6) is 0. The van der Waals surface area contributed by atoms with Crippen LogP contribution in [0, 0.1) is 0 Å². The molecule has 4 aromatic heterocycles. The van der Waals surface area contributed by atoms with Gasteiger partial charge in [-0.1, -0.05) is 188 Å². The van der Waals surface area contributed by atoms with E-state index in [0.717, 1.165) is 34.1 Å². The van der Waals surface area contributed by atoms with Crippen LogP contribution in [0.25, 0.3) is 121 Å². The zero-order valence-corrected chi connectivity index (χ0v) is 46.4. The van der Waals surface area contributed by atoms with Gasteiger partial charge in [0.15, 0.2) is 0 Å². The molecule has 0 radical (unpaired) electrons. The molecule has 394 valence electrons. The van der Waals surface area contributed by atoms with Crippen molar-refractivity contribution < 1.29 is 0 Å². The van der Waals surface area contributed by atoms with Gasteiger partial charge in [0.05, 0.1) is 33.4 Å². The van der Waals surface area contributed by atoms with Crippen molar-refractivity contribution in [3.05, 3.63) is 279 Å². The summed E-state index contributed by atoms with van der Waals surface area (Å²) in [6.07, 6.45) is 0. The van der Waals surface area contributed by atoms with Crippen molar-refractivity contribution in [3.63, 3.8) is 0 Å². The number of aromatic nitrogens is 4. The van der Waals surface area contributed by atoms with Crippen LogP contribution < -0.4 is 31.7 Å². The fourth-order valence-corrected chi connectivity index (χ4v) is 16.7. The summed E-state index contributed by atoms with van der Waals surface area (Å²) in [6, 6.07) is 105. The fraction of sp³-hybridized carbons (Fsp3) is 0. The minimum absolute atomic E-state index is 0.213. The molecular weight excluding hydrogens is 1040 g/mol. The predicted molar refractivity (Wildman–Crippen MR) is 362 cm³/mol. The van der Waals surface area contributed by atoms with Crippen LogP contribution >= 0.6 is 0 Å². The molecule has 0 bridgehead atoms. The summed E-state index contributed by atoms with van der Waals surface area (Å²) in [5.41, 5.74) is 29.2. The van der Waals surface area contributed by atoms with Crippen LogP contribution in [0.2, 0.25) is 0 Å². The molecule has 4 aliphatic rings. The molecule has 13 aromatic carbocycles. The molecule has 0 saturated heterocycles. The Bertz CT molecular complexity index is 5500. The highest BCUT2D eigenvalue weighted by Gasteiger charge is 2.49. The number of hydrogen-bond acceptors (Lipinski definition) is 2. The number of hydrogen-bond donors (Lipinski definition) is 0. The van der Waals surface area contributed by atoms with Gasteiger partial charge in [0.2, 0.25) is 0 Å². The summed E-state index contributed by atoms with van der Waals surface area (Å²) in [7, 11) is 0. The molecule has 0 fully saturated rings. The number of nitrogens with zero attached hydrogens (tertiary/aromatic N) is 6. The minimum atomic E-state index is -0.213. The molecule has 0 amide bonds. The maximum Gasteiger partial charge on any atom is 0.333 e. The Hall–Kier alpha value is -11.2. The lowest BCUT2D eigenvalue weighted by Crippen LogP contribution is -2.61. The van der Waals surface area contributed by atoms with E-state index in [2.05, 4.69) is 307 Å². The predicted octanol–water partition coefficient (Wildman–Crippen LogP) is 16.9. The highest BCUT2D eigenvalue weighted by Crippen LogP contribution is 2.54. The van der Waals surface area contributed by atoms with Gasteiger partial charge < -0.3 is 27.9 Å². The lowest BCUT2D eigenvalue weighted by molar-refractivity contribution is 1.18. The first-order chi connectivity index (χ1) is 42.8.